The van der Waals surface area contributed by atoms with E-state index in [2.05, 4.69) is 15.8 Å². The summed E-state index contributed by atoms with van der Waals surface area (Å²) in [5.74, 6) is -1.30. The predicted molar refractivity (Wildman–Crippen MR) is 143 cm³/mol. The van der Waals surface area contributed by atoms with Crippen molar-refractivity contribution >= 4 is 80.2 Å². The van der Waals surface area contributed by atoms with E-state index in [9.17, 15) is 14.4 Å². The van der Waals surface area contributed by atoms with Gasteiger partial charge in [-0.15, -0.1) is 11.3 Å². The lowest BCUT2D eigenvalue weighted by Crippen LogP contribution is -2.34. The van der Waals surface area contributed by atoms with Crippen LogP contribution in [0.5, 0.6) is 5.75 Å². The first-order valence-corrected chi connectivity index (χ1v) is 12.3. The number of thiophene rings is 1. The molecule has 0 aliphatic rings. The molecule has 4 aromatic rings. The van der Waals surface area contributed by atoms with E-state index in [1.54, 1.807) is 24.3 Å². The molecule has 4 rings (SSSR count). The summed E-state index contributed by atoms with van der Waals surface area (Å²) in [6, 6.07) is 18.4. The Bertz CT molecular complexity index is 1500. The minimum Gasteiger partial charge on any atom is -0.422 e. The summed E-state index contributed by atoms with van der Waals surface area (Å²) in [4.78, 5) is 37.1. The van der Waals surface area contributed by atoms with Gasteiger partial charge in [-0.3, -0.25) is 9.59 Å². The van der Waals surface area contributed by atoms with Crippen LogP contribution in [0.4, 0.5) is 0 Å². The van der Waals surface area contributed by atoms with E-state index < -0.39 is 17.8 Å². The molecular formula is C25H16Cl3N3O4S. The number of esters is 1. The molecule has 182 valence electrons. The number of nitrogens with one attached hydrogen (secondary N) is 2. The monoisotopic (exact) mass is 559 g/mol. The Kier molecular flexibility index (Phi) is 8.22. The maximum Gasteiger partial charge on any atom is 0.355 e. The molecule has 0 unspecified atom stereocenters. The number of hydrazone groups is 1. The van der Waals surface area contributed by atoms with Gasteiger partial charge in [-0.25, -0.2) is 10.2 Å². The standard InChI is InChI=1S/C25H16Cl3N3O4S/c26-18-9-8-15(11-19(18)27)24(33)29-13-21(32)31-30-12-14-4-3-5-16(10-14)35-25(34)23-22(28)17-6-1-2-7-20(17)36-23/h1-12H,13H2,(H,29,33)(H,31,32)/b30-12+. The zero-order chi connectivity index (χ0) is 25.7. The second-order valence-corrected chi connectivity index (χ2v) is 9.55. The third-order valence-electron chi connectivity index (χ3n) is 4.78. The number of halogens is 3. The molecule has 0 aliphatic heterocycles. The van der Waals surface area contributed by atoms with Crippen molar-refractivity contribution in [2.24, 2.45) is 5.10 Å². The van der Waals surface area contributed by atoms with E-state index in [1.165, 1.54) is 35.8 Å². The minimum absolute atomic E-state index is 0.234. The van der Waals surface area contributed by atoms with Gasteiger partial charge < -0.3 is 10.1 Å². The average molecular weight is 561 g/mol. The highest BCUT2D eigenvalue weighted by Gasteiger charge is 2.19. The van der Waals surface area contributed by atoms with E-state index in [1.807, 2.05) is 24.3 Å². The molecule has 1 heterocycles. The molecule has 3 aromatic carbocycles. The molecule has 0 fully saturated rings. The Hall–Kier alpha value is -3.43. The van der Waals surface area contributed by atoms with Gasteiger partial charge in [0.15, 0.2) is 0 Å². The van der Waals surface area contributed by atoms with E-state index in [0.29, 0.717) is 20.5 Å². The predicted octanol–water partition coefficient (Wildman–Crippen LogP) is 5.96. The van der Waals surface area contributed by atoms with Crippen LogP contribution >= 0.6 is 46.1 Å². The molecule has 0 spiro atoms. The van der Waals surface area contributed by atoms with Crippen LogP contribution in [0.3, 0.4) is 0 Å². The summed E-state index contributed by atoms with van der Waals surface area (Å²) in [6.07, 6.45) is 1.38. The number of hydrogen-bond donors (Lipinski definition) is 2. The quantitative estimate of drug-likeness (QED) is 0.126. The van der Waals surface area contributed by atoms with Crippen LogP contribution in [0.15, 0.2) is 71.8 Å². The first-order valence-electron chi connectivity index (χ1n) is 10.4. The number of carbonyl (C=O) groups is 3. The van der Waals surface area contributed by atoms with Crippen LogP contribution < -0.4 is 15.5 Å². The number of amides is 2. The SMILES string of the molecule is O=C(CNC(=O)c1ccc(Cl)c(Cl)c1)N/N=C/c1cccc(OC(=O)c2sc3ccccc3c2Cl)c1. The third-order valence-corrected chi connectivity index (χ3v) is 7.18. The van der Waals surface area contributed by atoms with Crippen molar-refractivity contribution < 1.29 is 19.1 Å². The molecule has 0 radical (unpaired) electrons. The molecule has 0 saturated carbocycles. The van der Waals surface area contributed by atoms with E-state index in [0.717, 1.165) is 10.1 Å². The molecule has 1 aromatic heterocycles. The lowest BCUT2D eigenvalue weighted by Gasteiger charge is -2.05. The Morgan fingerprint density at radius 2 is 1.75 bits per heavy atom. The van der Waals surface area contributed by atoms with Gasteiger partial charge in [-0.1, -0.05) is 65.1 Å². The fourth-order valence-electron chi connectivity index (χ4n) is 3.08. The second-order valence-electron chi connectivity index (χ2n) is 7.31. The lowest BCUT2D eigenvalue weighted by atomic mass is 10.2. The normalized spacial score (nSPS) is 11.0. The summed E-state index contributed by atoms with van der Waals surface area (Å²) >= 11 is 19.3. The van der Waals surface area contributed by atoms with Crippen LogP contribution in [-0.4, -0.2) is 30.5 Å². The zero-order valence-electron chi connectivity index (χ0n) is 18.3. The van der Waals surface area contributed by atoms with Gasteiger partial charge in [0.1, 0.15) is 10.6 Å². The lowest BCUT2D eigenvalue weighted by molar-refractivity contribution is -0.120. The van der Waals surface area contributed by atoms with Gasteiger partial charge in [-0.05, 0) is 42.0 Å². The molecule has 0 bridgehead atoms. The fraction of sp³-hybridized carbons (Fsp3) is 0.0400. The van der Waals surface area contributed by atoms with Gasteiger partial charge in [0.05, 0.1) is 27.8 Å². The highest BCUT2D eigenvalue weighted by Crippen LogP contribution is 2.35. The van der Waals surface area contributed by atoms with Crippen LogP contribution in [0.2, 0.25) is 15.1 Å². The molecule has 0 atom stereocenters. The highest BCUT2D eigenvalue weighted by molar-refractivity contribution is 7.21. The second kappa shape index (κ2) is 11.5. The van der Waals surface area contributed by atoms with Gasteiger partial charge >= 0.3 is 5.97 Å². The largest absolute Gasteiger partial charge is 0.422 e. The van der Waals surface area contributed by atoms with Crippen molar-refractivity contribution in [2.75, 3.05) is 6.54 Å². The Labute approximate surface area is 224 Å². The van der Waals surface area contributed by atoms with Crippen molar-refractivity contribution in [3.8, 4) is 5.75 Å². The molecule has 2 amide bonds. The summed E-state index contributed by atoms with van der Waals surface area (Å²) < 4.78 is 6.36. The maximum atomic E-state index is 12.6. The number of carbonyl (C=O) groups excluding carboxylic acids is 3. The van der Waals surface area contributed by atoms with Crippen molar-refractivity contribution in [2.45, 2.75) is 0 Å². The summed E-state index contributed by atoms with van der Waals surface area (Å²) in [5, 5.41) is 8.03. The summed E-state index contributed by atoms with van der Waals surface area (Å²) in [5.41, 5.74) is 3.15. The number of hydrogen-bond acceptors (Lipinski definition) is 6. The van der Waals surface area contributed by atoms with Crippen molar-refractivity contribution in [3.63, 3.8) is 0 Å². The van der Waals surface area contributed by atoms with Crippen LogP contribution in [-0.2, 0) is 4.79 Å². The Balaban J connectivity index is 1.31. The van der Waals surface area contributed by atoms with E-state index in [-0.39, 0.29) is 22.9 Å². The zero-order valence-corrected chi connectivity index (χ0v) is 21.3. The highest BCUT2D eigenvalue weighted by atomic mass is 35.5. The van der Waals surface area contributed by atoms with Crippen molar-refractivity contribution in [1.82, 2.24) is 10.7 Å². The molecule has 0 saturated heterocycles. The van der Waals surface area contributed by atoms with E-state index >= 15 is 0 Å². The number of nitrogens with zero attached hydrogens (tertiary/aromatic N) is 1. The van der Waals surface area contributed by atoms with Crippen molar-refractivity contribution in [3.05, 3.63) is 97.8 Å². The van der Waals surface area contributed by atoms with Crippen LogP contribution in [0, 0.1) is 0 Å². The summed E-state index contributed by atoms with van der Waals surface area (Å²) in [7, 11) is 0. The first kappa shape index (κ1) is 25.7. The van der Waals surface area contributed by atoms with Crippen molar-refractivity contribution in [1.29, 1.82) is 0 Å². The molecule has 2 N–H and O–H groups in total. The number of fused-ring (bicyclic) bond motifs is 1. The maximum absolute atomic E-state index is 12.6. The minimum atomic E-state index is -0.568. The molecule has 0 aliphatic carbocycles. The molecular weight excluding hydrogens is 545 g/mol. The first-order chi connectivity index (χ1) is 17.3. The average Bonchev–Trinajstić information content (AvgIpc) is 3.21. The van der Waals surface area contributed by atoms with Crippen LogP contribution in [0.25, 0.3) is 10.1 Å². The number of ether oxygens (including phenoxy) is 1. The summed E-state index contributed by atoms with van der Waals surface area (Å²) in [6.45, 7) is -0.302. The molecule has 7 nitrogen and oxygen atoms in total. The molecule has 36 heavy (non-hydrogen) atoms. The topological polar surface area (TPSA) is 96.9 Å². The third kappa shape index (κ3) is 6.22. The van der Waals surface area contributed by atoms with Gasteiger partial charge in [0.25, 0.3) is 11.8 Å². The van der Waals surface area contributed by atoms with E-state index in [4.69, 9.17) is 39.5 Å². The van der Waals surface area contributed by atoms with Gasteiger partial charge in [0, 0.05) is 15.6 Å². The fourth-order valence-corrected chi connectivity index (χ4v) is 4.76. The number of benzene rings is 3. The van der Waals surface area contributed by atoms with Crippen LogP contribution in [0.1, 0.15) is 25.6 Å². The van der Waals surface area contributed by atoms with Gasteiger partial charge in [0.2, 0.25) is 0 Å². The van der Waals surface area contributed by atoms with Gasteiger partial charge in [-0.2, -0.15) is 5.10 Å². The molecule has 11 heteroatoms. The Morgan fingerprint density at radius 1 is 0.944 bits per heavy atom. The number of rotatable bonds is 7. The Morgan fingerprint density at radius 3 is 2.53 bits per heavy atom. The smallest absolute Gasteiger partial charge is 0.355 e.